The first-order valence-electron chi connectivity index (χ1n) is 7.86. The number of nitrogens with zero attached hydrogens (tertiary/aromatic N) is 2. The molecular formula is C18H19BrFN3O. The summed E-state index contributed by atoms with van der Waals surface area (Å²) in [5.41, 5.74) is 2.44. The summed E-state index contributed by atoms with van der Waals surface area (Å²) in [6.07, 6.45) is 0. The first kappa shape index (κ1) is 16.8. The van der Waals surface area contributed by atoms with Crippen molar-refractivity contribution in [3.05, 3.63) is 58.3 Å². The summed E-state index contributed by atoms with van der Waals surface area (Å²) >= 11 is 3.45. The first-order valence-corrected chi connectivity index (χ1v) is 8.65. The molecule has 1 aliphatic rings. The van der Waals surface area contributed by atoms with Crippen LogP contribution in [0.1, 0.15) is 5.56 Å². The summed E-state index contributed by atoms with van der Waals surface area (Å²) in [5.74, 6) is -0.222. The molecule has 2 aromatic rings. The van der Waals surface area contributed by atoms with E-state index in [1.165, 1.54) is 6.07 Å². The number of carbonyl (C=O) groups is 1. The zero-order valence-corrected chi connectivity index (χ0v) is 15.0. The molecule has 1 heterocycles. The molecule has 0 unspecified atom stereocenters. The van der Waals surface area contributed by atoms with Crippen LogP contribution in [0.4, 0.5) is 20.6 Å². The van der Waals surface area contributed by atoms with Gasteiger partial charge in [0.2, 0.25) is 0 Å². The lowest BCUT2D eigenvalue weighted by molar-refractivity contribution is 0.208. The van der Waals surface area contributed by atoms with Gasteiger partial charge in [0.15, 0.2) is 0 Å². The molecule has 0 aliphatic carbocycles. The molecule has 6 heteroatoms. The summed E-state index contributed by atoms with van der Waals surface area (Å²) in [7, 11) is 0. The Hall–Kier alpha value is -2.08. The molecule has 1 saturated heterocycles. The molecule has 3 rings (SSSR count). The average molecular weight is 392 g/mol. The number of benzene rings is 2. The zero-order valence-electron chi connectivity index (χ0n) is 13.4. The Balaban J connectivity index is 1.59. The summed E-state index contributed by atoms with van der Waals surface area (Å²) in [4.78, 5) is 16.1. The summed E-state index contributed by atoms with van der Waals surface area (Å²) < 4.78 is 14.9. The lowest BCUT2D eigenvalue weighted by Crippen LogP contribution is -2.50. The van der Waals surface area contributed by atoms with Gasteiger partial charge >= 0.3 is 6.03 Å². The van der Waals surface area contributed by atoms with E-state index < -0.39 is 0 Å². The number of anilines is 2. The van der Waals surface area contributed by atoms with Crippen LogP contribution in [0.15, 0.2) is 46.9 Å². The third-order valence-electron chi connectivity index (χ3n) is 4.17. The number of aryl methyl sites for hydroxylation is 1. The number of hydrogen-bond acceptors (Lipinski definition) is 2. The van der Waals surface area contributed by atoms with Gasteiger partial charge in [0.25, 0.3) is 0 Å². The molecule has 0 bridgehead atoms. The Morgan fingerprint density at radius 2 is 1.83 bits per heavy atom. The molecule has 2 amide bonds. The second kappa shape index (κ2) is 7.21. The maximum absolute atomic E-state index is 13.8. The minimum Gasteiger partial charge on any atom is -0.366 e. The predicted molar refractivity (Wildman–Crippen MR) is 98.1 cm³/mol. The van der Waals surface area contributed by atoms with Crippen molar-refractivity contribution in [2.45, 2.75) is 6.92 Å². The van der Waals surface area contributed by atoms with Crippen molar-refractivity contribution >= 4 is 33.3 Å². The maximum Gasteiger partial charge on any atom is 0.321 e. The number of hydrogen-bond donors (Lipinski definition) is 1. The van der Waals surface area contributed by atoms with Crippen molar-refractivity contribution in [3.8, 4) is 0 Å². The van der Waals surface area contributed by atoms with E-state index in [1.807, 2.05) is 36.1 Å². The molecule has 1 aliphatic heterocycles. The molecule has 0 radical (unpaired) electrons. The first-order chi connectivity index (χ1) is 11.5. The van der Waals surface area contributed by atoms with Crippen molar-refractivity contribution in [1.29, 1.82) is 0 Å². The predicted octanol–water partition coefficient (Wildman–Crippen LogP) is 4.25. The van der Waals surface area contributed by atoms with Crippen LogP contribution in [0.2, 0.25) is 0 Å². The molecule has 0 spiro atoms. The van der Waals surface area contributed by atoms with E-state index in [9.17, 15) is 9.18 Å². The van der Waals surface area contributed by atoms with Crippen LogP contribution in [0, 0.1) is 12.7 Å². The molecule has 126 valence electrons. The van der Waals surface area contributed by atoms with Gasteiger partial charge in [-0.3, -0.25) is 0 Å². The molecule has 1 N–H and O–H groups in total. The molecule has 4 nitrogen and oxygen atoms in total. The number of amides is 2. The molecule has 0 atom stereocenters. The molecule has 0 saturated carbocycles. The normalized spacial score (nSPS) is 14.6. The van der Waals surface area contributed by atoms with Crippen LogP contribution in [0.3, 0.4) is 0 Å². The van der Waals surface area contributed by atoms with E-state index >= 15 is 0 Å². The van der Waals surface area contributed by atoms with Crippen LogP contribution in [0.25, 0.3) is 0 Å². The van der Waals surface area contributed by atoms with Crippen LogP contribution in [0.5, 0.6) is 0 Å². The van der Waals surface area contributed by atoms with Gasteiger partial charge in [-0.05, 0) is 42.8 Å². The number of halogens is 2. The number of nitrogens with one attached hydrogen (secondary N) is 1. The lowest BCUT2D eigenvalue weighted by Gasteiger charge is -2.36. The highest BCUT2D eigenvalue weighted by atomic mass is 79.9. The number of carbonyl (C=O) groups excluding carboxylic acids is 1. The van der Waals surface area contributed by atoms with Gasteiger partial charge in [0, 0.05) is 36.3 Å². The van der Waals surface area contributed by atoms with Crippen molar-refractivity contribution in [1.82, 2.24) is 4.90 Å². The Labute approximate surface area is 149 Å². The quantitative estimate of drug-likeness (QED) is 0.830. The van der Waals surface area contributed by atoms with Crippen molar-refractivity contribution in [2.24, 2.45) is 0 Å². The highest BCUT2D eigenvalue weighted by Crippen LogP contribution is 2.22. The highest BCUT2D eigenvalue weighted by Gasteiger charge is 2.22. The minimum absolute atomic E-state index is 0.120. The fourth-order valence-corrected chi connectivity index (χ4v) is 3.03. The molecule has 2 aromatic carbocycles. The van der Waals surface area contributed by atoms with Gasteiger partial charge in [0.05, 0.1) is 5.69 Å². The smallest absolute Gasteiger partial charge is 0.321 e. The maximum atomic E-state index is 13.8. The number of urea groups is 1. The summed E-state index contributed by atoms with van der Waals surface area (Å²) in [5, 5.41) is 2.92. The van der Waals surface area contributed by atoms with Gasteiger partial charge < -0.3 is 15.1 Å². The second-order valence-electron chi connectivity index (χ2n) is 5.82. The van der Waals surface area contributed by atoms with Crippen molar-refractivity contribution in [2.75, 3.05) is 36.4 Å². The zero-order chi connectivity index (χ0) is 17.1. The van der Waals surface area contributed by atoms with Gasteiger partial charge in [0.1, 0.15) is 5.82 Å². The lowest BCUT2D eigenvalue weighted by atomic mass is 10.2. The minimum atomic E-state index is -0.222. The van der Waals surface area contributed by atoms with E-state index in [-0.39, 0.29) is 11.8 Å². The Morgan fingerprint density at radius 3 is 2.50 bits per heavy atom. The largest absolute Gasteiger partial charge is 0.366 e. The van der Waals surface area contributed by atoms with Crippen LogP contribution in [-0.4, -0.2) is 37.1 Å². The standard InChI is InChI=1S/C18H19BrFN3O/c1-13-12-14(6-7-15(13)19)21-18(24)23-10-8-22(9-11-23)17-5-3-2-4-16(17)20/h2-7,12H,8-11H2,1H3,(H,21,24). The number of para-hydroxylation sites is 1. The Morgan fingerprint density at radius 1 is 1.12 bits per heavy atom. The Bertz CT molecular complexity index is 745. The highest BCUT2D eigenvalue weighted by molar-refractivity contribution is 9.10. The average Bonchev–Trinajstić information content (AvgIpc) is 2.59. The van der Waals surface area contributed by atoms with E-state index in [0.717, 1.165) is 15.7 Å². The number of rotatable bonds is 2. The molecular weight excluding hydrogens is 373 g/mol. The van der Waals surface area contributed by atoms with Gasteiger partial charge in [-0.2, -0.15) is 0 Å². The monoisotopic (exact) mass is 391 g/mol. The van der Waals surface area contributed by atoms with Crippen LogP contribution < -0.4 is 10.2 Å². The van der Waals surface area contributed by atoms with Crippen molar-refractivity contribution in [3.63, 3.8) is 0 Å². The SMILES string of the molecule is Cc1cc(NC(=O)N2CCN(c3ccccc3F)CC2)ccc1Br. The third kappa shape index (κ3) is 3.70. The van der Waals surface area contributed by atoms with Gasteiger partial charge in [-0.25, -0.2) is 9.18 Å². The van der Waals surface area contributed by atoms with Crippen LogP contribution in [-0.2, 0) is 0 Å². The van der Waals surface area contributed by atoms with E-state index in [1.54, 1.807) is 17.0 Å². The van der Waals surface area contributed by atoms with Gasteiger partial charge in [-0.1, -0.05) is 28.1 Å². The topological polar surface area (TPSA) is 35.6 Å². The summed E-state index contributed by atoms with van der Waals surface area (Å²) in [6.45, 7) is 4.35. The number of piperazine rings is 1. The Kier molecular flexibility index (Phi) is 5.04. The fourth-order valence-electron chi connectivity index (χ4n) is 2.78. The van der Waals surface area contributed by atoms with E-state index in [4.69, 9.17) is 0 Å². The second-order valence-corrected chi connectivity index (χ2v) is 6.67. The third-order valence-corrected chi connectivity index (χ3v) is 5.06. The van der Waals surface area contributed by atoms with Crippen LogP contribution >= 0.6 is 15.9 Å². The molecule has 24 heavy (non-hydrogen) atoms. The molecule has 0 aromatic heterocycles. The van der Waals surface area contributed by atoms with Crippen molar-refractivity contribution < 1.29 is 9.18 Å². The van der Waals surface area contributed by atoms with E-state index in [0.29, 0.717) is 31.9 Å². The fraction of sp³-hybridized carbons (Fsp3) is 0.278. The molecule has 1 fully saturated rings. The summed E-state index contributed by atoms with van der Waals surface area (Å²) in [6, 6.07) is 12.3. The van der Waals surface area contributed by atoms with E-state index in [2.05, 4.69) is 21.2 Å². The van der Waals surface area contributed by atoms with Gasteiger partial charge in [-0.15, -0.1) is 0 Å².